The molecule has 0 radical (unpaired) electrons. The molecule has 146 valence electrons. The molecule has 1 aromatic heterocycles. The van der Waals surface area contributed by atoms with Crippen molar-refractivity contribution in [3.8, 4) is 0 Å². The van der Waals surface area contributed by atoms with Gasteiger partial charge in [-0.3, -0.25) is 5.32 Å². The number of alkyl halides is 3. The molecule has 5 nitrogen and oxygen atoms in total. The number of anilines is 2. The van der Waals surface area contributed by atoms with Crippen LogP contribution >= 0.6 is 23.8 Å². The van der Waals surface area contributed by atoms with E-state index in [1.54, 1.807) is 12.1 Å². The highest BCUT2D eigenvalue weighted by Crippen LogP contribution is 2.29. The van der Waals surface area contributed by atoms with Crippen molar-refractivity contribution in [2.24, 2.45) is 0 Å². The normalized spacial score (nSPS) is 11.3. The van der Waals surface area contributed by atoms with E-state index in [1.807, 2.05) is 19.1 Å². The van der Waals surface area contributed by atoms with Crippen molar-refractivity contribution in [3.63, 3.8) is 0 Å². The summed E-state index contributed by atoms with van der Waals surface area (Å²) in [5.74, 6) is 0.225. The second-order valence-electron chi connectivity index (χ2n) is 6.01. The maximum atomic E-state index is 12.8. The number of nitrogens with one attached hydrogen (secondary N) is 2. The van der Waals surface area contributed by atoms with Crippen LogP contribution in [-0.4, -0.2) is 19.9 Å². The summed E-state index contributed by atoms with van der Waals surface area (Å²) in [5, 5.41) is 10.8. The van der Waals surface area contributed by atoms with Crippen LogP contribution in [0.5, 0.6) is 0 Å². The van der Waals surface area contributed by atoms with Crippen molar-refractivity contribution in [1.82, 2.24) is 14.8 Å². The number of hydrogen-bond donors (Lipinski definition) is 2. The van der Waals surface area contributed by atoms with Gasteiger partial charge in [0.25, 0.3) is 0 Å². The van der Waals surface area contributed by atoms with Crippen molar-refractivity contribution >= 4 is 40.6 Å². The maximum absolute atomic E-state index is 12.8. The van der Waals surface area contributed by atoms with Gasteiger partial charge in [0, 0.05) is 10.7 Å². The van der Waals surface area contributed by atoms with Gasteiger partial charge in [-0.05, 0) is 54.5 Å². The lowest BCUT2D eigenvalue weighted by molar-refractivity contribution is -0.137. The van der Waals surface area contributed by atoms with Gasteiger partial charge in [0.05, 0.1) is 12.1 Å². The molecule has 3 rings (SSSR count). The molecule has 0 spiro atoms. The third-order valence-electron chi connectivity index (χ3n) is 3.79. The zero-order chi connectivity index (χ0) is 20.3. The Hall–Kier alpha value is -2.65. The van der Waals surface area contributed by atoms with E-state index in [0.29, 0.717) is 16.3 Å². The Labute approximate surface area is 169 Å². The Morgan fingerprint density at radius 1 is 1.18 bits per heavy atom. The van der Waals surface area contributed by atoms with E-state index in [4.69, 9.17) is 23.8 Å². The van der Waals surface area contributed by atoms with E-state index in [2.05, 4.69) is 20.7 Å². The summed E-state index contributed by atoms with van der Waals surface area (Å²) in [4.78, 5) is 4.06. The molecule has 0 aliphatic heterocycles. The van der Waals surface area contributed by atoms with Crippen molar-refractivity contribution in [2.75, 3.05) is 10.6 Å². The van der Waals surface area contributed by atoms with Crippen LogP contribution in [-0.2, 0) is 12.7 Å². The van der Waals surface area contributed by atoms with Gasteiger partial charge in [-0.2, -0.15) is 13.2 Å². The molecule has 2 aromatic carbocycles. The molecular weight excluding hydrogens is 411 g/mol. The molecule has 2 N–H and O–H groups in total. The van der Waals surface area contributed by atoms with E-state index < -0.39 is 11.7 Å². The predicted molar refractivity (Wildman–Crippen MR) is 107 cm³/mol. The predicted octanol–water partition coefficient (Wildman–Crippen LogP) is 5.12. The van der Waals surface area contributed by atoms with Gasteiger partial charge in [-0.1, -0.05) is 29.8 Å². The smallest absolute Gasteiger partial charge is 0.332 e. The molecule has 0 bridgehead atoms. The average molecular weight is 426 g/mol. The minimum atomic E-state index is -4.39. The zero-order valence-electron chi connectivity index (χ0n) is 14.6. The van der Waals surface area contributed by atoms with Crippen LogP contribution < -0.4 is 10.6 Å². The summed E-state index contributed by atoms with van der Waals surface area (Å²) >= 11 is 11.3. The lowest BCUT2D eigenvalue weighted by Gasteiger charge is -2.09. The summed E-state index contributed by atoms with van der Waals surface area (Å²) in [7, 11) is 0. The van der Waals surface area contributed by atoms with Gasteiger partial charge >= 0.3 is 6.18 Å². The van der Waals surface area contributed by atoms with Crippen LogP contribution in [0.2, 0.25) is 5.02 Å². The minimum Gasteiger partial charge on any atom is -0.332 e. The Balaban J connectivity index is 1.62. The van der Waals surface area contributed by atoms with Gasteiger partial charge in [-0.25, -0.2) is 9.67 Å². The number of nitrogens with zero attached hydrogens (tertiary/aromatic N) is 3. The molecule has 10 heteroatoms. The van der Waals surface area contributed by atoms with Crippen molar-refractivity contribution in [2.45, 2.75) is 19.6 Å². The standard InChI is InChI=1S/C18H15ClF3N5S/c1-11-5-6-14(8-15(11)19)24-17(28)25-16-23-10-27(26-16)9-12-3-2-4-13(7-12)18(20,21)22/h2-8,10H,9H2,1H3,(H2,24,25,26,28). The number of aryl methyl sites for hydroxylation is 1. The second kappa shape index (κ2) is 8.15. The highest BCUT2D eigenvalue weighted by molar-refractivity contribution is 7.80. The number of benzene rings is 2. The van der Waals surface area contributed by atoms with E-state index in [-0.39, 0.29) is 17.6 Å². The van der Waals surface area contributed by atoms with Crippen LogP contribution in [0.4, 0.5) is 24.8 Å². The first-order valence-electron chi connectivity index (χ1n) is 8.10. The third-order valence-corrected chi connectivity index (χ3v) is 4.40. The fourth-order valence-electron chi connectivity index (χ4n) is 2.40. The largest absolute Gasteiger partial charge is 0.416 e. The lowest BCUT2D eigenvalue weighted by atomic mass is 10.1. The van der Waals surface area contributed by atoms with Crippen molar-refractivity contribution < 1.29 is 13.2 Å². The van der Waals surface area contributed by atoms with E-state index in [1.165, 1.54) is 17.1 Å². The molecule has 1 heterocycles. The molecular formula is C18H15ClF3N5S. The Kier molecular flexibility index (Phi) is 5.85. The molecule has 0 aliphatic rings. The van der Waals surface area contributed by atoms with Crippen molar-refractivity contribution in [3.05, 3.63) is 70.5 Å². The summed E-state index contributed by atoms with van der Waals surface area (Å²) in [6.07, 6.45) is -2.98. The maximum Gasteiger partial charge on any atom is 0.416 e. The van der Waals surface area contributed by atoms with E-state index in [9.17, 15) is 13.2 Å². The van der Waals surface area contributed by atoms with E-state index >= 15 is 0 Å². The highest BCUT2D eigenvalue weighted by Gasteiger charge is 2.30. The molecule has 0 aliphatic carbocycles. The first-order valence-corrected chi connectivity index (χ1v) is 8.89. The van der Waals surface area contributed by atoms with Gasteiger partial charge in [0.2, 0.25) is 5.95 Å². The SMILES string of the molecule is Cc1ccc(NC(=S)Nc2ncn(Cc3cccc(C(F)(F)F)c3)n2)cc1Cl. The molecule has 28 heavy (non-hydrogen) atoms. The fourth-order valence-corrected chi connectivity index (χ4v) is 2.79. The van der Waals surface area contributed by atoms with E-state index in [0.717, 1.165) is 17.7 Å². The summed E-state index contributed by atoms with van der Waals surface area (Å²) in [6.45, 7) is 2.04. The Bertz CT molecular complexity index is 1000. The first-order chi connectivity index (χ1) is 13.2. The van der Waals surface area contributed by atoms with Crippen LogP contribution in [0.3, 0.4) is 0 Å². The molecule has 0 amide bonds. The number of rotatable bonds is 4. The lowest BCUT2D eigenvalue weighted by Crippen LogP contribution is -2.20. The van der Waals surface area contributed by atoms with Gasteiger partial charge in [0.1, 0.15) is 6.33 Å². The summed E-state index contributed by atoms with van der Waals surface area (Å²) < 4.78 is 39.8. The number of aromatic nitrogens is 3. The van der Waals surface area contributed by atoms with Gasteiger partial charge in [-0.15, -0.1) is 5.10 Å². The summed E-state index contributed by atoms with van der Waals surface area (Å²) in [6, 6.07) is 10.5. The third kappa shape index (κ3) is 5.20. The number of thiocarbonyl (C=S) groups is 1. The monoisotopic (exact) mass is 425 g/mol. The topological polar surface area (TPSA) is 54.8 Å². The molecule has 0 saturated carbocycles. The average Bonchev–Trinajstić information content (AvgIpc) is 3.04. The minimum absolute atomic E-state index is 0.145. The zero-order valence-corrected chi connectivity index (χ0v) is 16.2. The van der Waals surface area contributed by atoms with Crippen LogP contribution in [0.25, 0.3) is 0 Å². The molecule has 0 atom stereocenters. The second-order valence-corrected chi connectivity index (χ2v) is 6.82. The van der Waals surface area contributed by atoms with Gasteiger partial charge < -0.3 is 5.32 Å². The number of hydrogen-bond acceptors (Lipinski definition) is 3. The highest BCUT2D eigenvalue weighted by atomic mass is 35.5. The Morgan fingerprint density at radius 2 is 1.96 bits per heavy atom. The van der Waals surface area contributed by atoms with Crippen LogP contribution in [0, 0.1) is 6.92 Å². The van der Waals surface area contributed by atoms with Crippen LogP contribution in [0.15, 0.2) is 48.8 Å². The number of halogens is 4. The van der Waals surface area contributed by atoms with Gasteiger partial charge in [0.15, 0.2) is 5.11 Å². The molecule has 0 unspecified atom stereocenters. The fraction of sp³-hybridized carbons (Fsp3) is 0.167. The Morgan fingerprint density at radius 3 is 2.68 bits per heavy atom. The van der Waals surface area contributed by atoms with Crippen molar-refractivity contribution in [1.29, 1.82) is 0 Å². The molecule has 0 fully saturated rings. The quantitative estimate of drug-likeness (QED) is 0.568. The molecule has 3 aromatic rings. The van der Waals surface area contributed by atoms with Crippen LogP contribution in [0.1, 0.15) is 16.7 Å². The summed E-state index contributed by atoms with van der Waals surface area (Å²) in [5.41, 5.74) is 1.41. The molecule has 0 saturated heterocycles. The first kappa shape index (κ1) is 20.1.